The first kappa shape index (κ1) is 13.9. The molecular formula is C15H15N3O2S. The number of amides is 3. The van der Waals surface area contributed by atoms with Crippen molar-refractivity contribution in [3.05, 3.63) is 36.4 Å². The highest BCUT2D eigenvalue weighted by molar-refractivity contribution is 8.00. The molecule has 0 spiro atoms. The Morgan fingerprint density at radius 2 is 2.14 bits per heavy atom. The summed E-state index contributed by atoms with van der Waals surface area (Å²) in [5.74, 6) is -0.176. The van der Waals surface area contributed by atoms with Crippen LogP contribution in [0, 0.1) is 0 Å². The van der Waals surface area contributed by atoms with Gasteiger partial charge in [-0.3, -0.25) is 9.69 Å². The van der Waals surface area contributed by atoms with E-state index in [1.807, 2.05) is 36.4 Å². The van der Waals surface area contributed by atoms with Crippen LogP contribution in [0.1, 0.15) is 6.92 Å². The zero-order valence-electron chi connectivity index (χ0n) is 11.6. The standard InChI is InChI=1S/C15H15N3O2S/c1-10(14(19)18-9-8-16-15(18)20)21-13-7-6-11-4-2-3-5-12(11)17-13/h2-7,10H,8-9H2,1H3,(H,16,20)/t10-/m1/s1. The minimum atomic E-state index is -0.345. The molecule has 0 radical (unpaired) electrons. The van der Waals surface area contributed by atoms with Gasteiger partial charge >= 0.3 is 6.03 Å². The van der Waals surface area contributed by atoms with Crippen molar-refractivity contribution in [1.29, 1.82) is 0 Å². The molecule has 6 heteroatoms. The topological polar surface area (TPSA) is 62.3 Å². The van der Waals surface area contributed by atoms with E-state index in [-0.39, 0.29) is 17.2 Å². The van der Waals surface area contributed by atoms with E-state index in [0.717, 1.165) is 15.9 Å². The van der Waals surface area contributed by atoms with Crippen molar-refractivity contribution in [3.63, 3.8) is 0 Å². The summed E-state index contributed by atoms with van der Waals surface area (Å²) in [4.78, 5) is 29.6. The summed E-state index contributed by atoms with van der Waals surface area (Å²) in [6.07, 6.45) is 0. The normalized spacial score (nSPS) is 16.0. The average Bonchev–Trinajstić information content (AvgIpc) is 2.92. The molecule has 5 nitrogen and oxygen atoms in total. The number of pyridine rings is 1. The number of rotatable bonds is 3. The molecule has 0 saturated carbocycles. The quantitative estimate of drug-likeness (QED) is 0.883. The molecule has 1 N–H and O–H groups in total. The SMILES string of the molecule is C[C@@H](Sc1ccc2ccccc2n1)C(=O)N1CCNC1=O. The minimum absolute atomic E-state index is 0.176. The van der Waals surface area contributed by atoms with Gasteiger partial charge in [0.15, 0.2) is 0 Å². The van der Waals surface area contributed by atoms with Crippen LogP contribution in [0.5, 0.6) is 0 Å². The third kappa shape index (κ3) is 2.85. The maximum Gasteiger partial charge on any atom is 0.324 e. The Morgan fingerprint density at radius 3 is 2.90 bits per heavy atom. The van der Waals surface area contributed by atoms with Crippen LogP contribution in [0.3, 0.4) is 0 Å². The molecule has 0 aliphatic carbocycles. The van der Waals surface area contributed by atoms with E-state index in [1.54, 1.807) is 6.92 Å². The summed E-state index contributed by atoms with van der Waals surface area (Å²) >= 11 is 1.37. The molecule has 21 heavy (non-hydrogen) atoms. The lowest BCUT2D eigenvalue weighted by Gasteiger charge is -2.17. The number of hydrogen-bond donors (Lipinski definition) is 1. The molecule has 2 aromatic rings. The van der Waals surface area contributed by atoms with Gasteiger partial charge in [0.25, 0.3) is 0 Å². The number of hydrogen-bond acceptors (Lipinski definition) is 4. The highest BCUT2D eigenvalue weighted by atomic mass is 32.2. The van der Waals surface area contributed by atoms with Crippen LogP contribution in [-0.4, -0.2) is 40.2 Å². The predicted molar refractivity (Wildman–Crippen MR) is 82.2 cm³/mol. The van der Waals surface area contributed by atoms with E-state index in [9.17, 15) is 9.59 Å². The van der Waals surface area contributed by atoms with E-state index in [4.69, 9.17) is 0 Å². The van der Waals surface area contributed by atoms with Crippen LogP contribution in [0.4, 0.5) is 4.79 Å². The molecule has 1 aliphatic rings. The van der Waals surface area contributed by atoms with Gasteiger partial charge in [0.05, 0.1) is 15.8 Å². The summed E-state index contributed by atoms with van der Waals surface area (Å²) in [6, 6.07) is 11.4. The third-order valence-electron chi connectivity index (χ3n) is 3.34. The molecule has 1 aliphatic heterocycles. The van der Waals surface area contributed by atoms with Crippen molar-refractivity contribution in [2.45, 2.75) is 17.2 Å². The molecule has 1 saturated heterocycles. The summed E-state index contributed by atoms with van der Waals surface area (Å²) in [5, 5.41) is 4.15. The number of aromatic nitrogens is 1. The molecule has 3 rings (SSSR count). The molecule has 0 unspecified atom stereocenters. The van der Waals surface area contributed by atoms with Crippen LogP contribution < -0.4 is 5.32 Å². The van der Waals surface area contributed by atoms with Gasteiger partial charge in [0.1, 0.15) is 0 Å². The number of nitrogens with zero attached hydrogens (tertiary/aromatic N) is 2. The monoisotopic (exact) mass is 301 g/mol. The lowest BCUT2D eigenvalue weighted by molar-refractivity contribution is -0.126. The van der Waals surface area contributed by atoms with Crippen LogP contribution >= 0.6 is 11.8 Å². The van der Waals surface area contributed by atoms with Crippen LogP contribution in [0.2, 0.25) is 0 Å². The van der Waals surface area contributed by atoms with Gasteiger partial charge in [-0.25, -0.2) is 9.78 Å². The van der Waals surface area contributed by atoms with E-state index in [1.165, 1.54) is 16.7 Å². The fraction of sp³-hybridized carbons (Fsp3) is 0.267. The van der Waals surface area contributed by atoms with Crippen LogP contribution in [0.15, 0.2) is 41.4 Å². The van der Waals surface area contributed by atoms with Crippen LogP contribution in [0.25, 0.3) is 10.9 Å². The van der Waals surface area contributed by atoms with Crippen molar-refractivity contribution < 1.29 is 9.59 Å². The van der Waals surface area contributed by atoms with Crippen LogP contribution in [-0.2, 0) is 4.79 Å². The van der Waals surface area contributed by atoms with Gasteiger partial charge in [-0.1, -0.05) is 36.0 Å². The smallest absolute Gasteiger partial charge is 0.324 e. The van der Waals surface area contributed by atoms with E-state index >= 15 is 0 Å². The first-order valence-electron chi connectivity index (χ1n) is 6.77. The number of benzene rings is 1. The van der Waals surface area contributed by atoms with Gasteiger partial charge in [0.2, 0.25) is 5.91 Å². The summed E-state index contributed by atoms with van der Waals surface area (Å²) < 4.78 is 0. The first-order valence-corrected chi connectivity index (χ1v) is 7.65. The summed E-state index contributed by atoms with van der Waals surface area (Å²) in [5.41, 5.74) is 0.904. The number of carbonyl (C=O) groups is 2. The average molecular weight is 301 g/mol. The highest BCUT2D eigenvalue weighted by Gasteiger charge is 2.30. The highest BCUT2D eigenvalue weighted by Crippen LogP contribution is 2.25. The number of carbonyl (C=O) groups excluding carboxylic acids is 2. The van der Waals surface area contributed by atoms with E-state index < -0.39 is 0 Å². The summed E-state index contributed by atoms with van der Waals surface area (Å²) in [7, 11) is 0. The second-order valence-electron chi connectivity index (χ2n) is 4.82. The Bertz CT molecular complexity index is 704. The van der Waals surface area contributed by atoms with Gasteiger partial charge in [-0.2, -0.15) is 0 Å². The number of imide groups is 1. The fourth-order valence-electron chi connectivity index (χ4n) is 2.25. The molecule has 108 valence electrons. The number of urea groups is 1. The van der Waals surface area contributed by atoms with Gasteiger partial charge in [-0.15, -0.1) is 0 Å². The van der Waals surface area contributed by atoms with Gasteiger partial charge in [-0.05, 0) is 19.1 Å². The first-order chi connectivity index (χ1) is 10.1. The molecule has 0 bridgehead atoms. The van der Waals surface area contributed by atoms with Gasteiger partial charge in [0, 0.05) is 18.5 Å². The van der Waals surface area contributed by atoms with Gasteiger partial charge < -0.3 is 5.32 Å². The molecule has 1 aromatic heterocycles. The summed E-state index contributed by atoms with van der Waals surface area (Å²) in [6.45, 7) is 2.76. The zero-order chi connectivity index (χ0) is 14.8. The lowest BCUT2D eigenvalue weighted by Crippen LogP contribution is -2.38. The van der Waals surface area contributed by atoms with Crippen molar-refractivity contribution >= 4 is 34.6 Å². The Kier molecular flexibility index (Phi) is 3.79. The second kappa shape index (κ2) is 5.73. The van der Waals surface area contributed by atoms with Crippen molar-refractivity contribution in [3.8, 4) is 0 Å². The van der Waals surface area contributed by atoms with E-state index in [2.05, 4.69) is 10.3 Å². The number of fused-ring (bicyclic) bond motifs is 1. The number of thioether (sulfide) groups is 1. The fourth-order valence-corrected chi connectivity index (χ4v) is 3.13. The lowest BCUT2D eigenvalue weighted by atomic mass is 10.2. The Morgan fingerprint density at radius 1 is 1.33 bits per heavy atom. The van der Waals surface area contributed by atoms with Crippen molar-refractivity contribution in [2.75, 3.05) is 13.1 Å². The third-order valence-corrected chi connectivity index (χ3v) is 4.37. The van der Waals surface area contributed by atoms with E-state index in [0.29, 0.717) is 13.1 Å². The maximum absolute atomic E-state index is 12.2. The molecule has 3 amide bonds. The Hall–Kier alpha value is -2.08. The molecule has 1 aromatic carbocycles. The molecule has 1 fully saturated rings. The molecule has 1 atom stereocenters. The zero-order valence-corrected chi connectivity index (χ0v) is 12.4. The number of nitrogens with one attached hydrogen (secondary N) is 1. The molecule has 2 heterocycles. The Labute approximate surface area is 126 Å². The predicted octanol–water partition coefficient (Wildman–Crippen LogP) is 2.27. The largest absolute Gasteiger partial charge is 0.336 e. The Balaban J connectivity index is 1.75. The van der Waals surface area contributed by atoms with Crippen molar-refractivity contribution in [2.24, 2.45) is 0 Å². The second-order valence-corrected chi connectivity index (χ2v) is 6.19. The van der Waals surface area contributed by atoms with Crippen molar-refractivity contribution in [1.82, 2.24) is 15.2 Å². The maximum atomic E-state index is 12.2. The minimum Gasteiger partial charge on any atom is -0.336 e. The molecular weight excluding hydrogens is 286 g/mol. The number of para-hydroxylation sites is 1.